The van der Waals surface area contributed by atoms with E-state index >= 15 is 0 Å². The standard InChI is InChI=1S/C30H32F3N3O7/c1-2-41-27(38)21-7-6-8-23(16-21)36-29(40)35-22-13-11-20(12-14-22)15-24(18-37)34-17-26(43-28(39)30(31,32)33)19-42-25-9-4-3-5-10-25/h3-14,16,24,26,34,37H,2,15,17-19H2,1H3,(H2,35,36,40)/t24-,26-/m0/s1. The Kier molecular flexibility index (Phi) is 12.3. The number of esters is 2. The number of para-hydroxylation sites is 1. The molecule has 0 unspecified atom stereocenters. The van der Waals surface area contributed by atoms with Crippen LogP contribution in [0, 0.1) is 0 Å². The molecule has 0 aromatic heterocycles. The van der Waals surface area contributed by atoms with Gasteiger partial charge in [0.15, 0.2) is 0 Å². The third-order valence-electron chi connectivity index (χ3n) is 5.86. The topological polar surface area (TPSA) is 135 Å². The lowest BCUT2D eigenvalue weighted by Gasteiger charge is -2.23. The number of aliphatic hydroxyl groups excluding tert-OH is 1. The molecule has 0 aliphatic carbocycles. The van der Waals surface area contributed by atoms with Gasteiger partial charge in [-0.1, -0.05) is 36.4 Å². The van der Waals surface area contributed by atoms with Gasteiger partial charge in [-0.3, -0.25) is 0 Å². The van der Waals surface area contributed by atoms with Crippen molar-refractivity contribution >= 4 is 29.3 Å². The van der Waals surface area contributed by atoms with Crippen molar-refractivity contribution in [1.82, 2.24) is 5.32 Å². The van der Waals surface area contributed by atoms with E-state index in [1.807, 2.05) is 0 Å². The summed E-state index contributed by atoms with van der Waals surface area (Å²) in [6.45, 7) is 1.01. The maximum absolute atomic E-state index is 12.8. The Morgan fingerprint density at radius 1 is 0.907 bits per heavy atom. The molecule has 2 amide bonds. The molecule has 3 aromatic carbocycles. The quantitative estimate of drug-likeness (QED) is 0.197. The molecule has 2 atom stereocenters. The predicted octanol–water partition coefficient (Wildman–Crippen LogP) is 4.55. The fraction of sp³-hybridized carbons (Fsp3) is 0.300. The molecule has 0 fully saturated rings. The van der Waals surface area contributed by atoms with E-state index in [-0.39, 0.29) is 32.8 Å². The van der Waals surface area contributed by atoms with Gasteiger partial charge in [-0.05, 0) is 61.4 Å². The largest absolute Gasteiger partial charge is 0.490 e. The summed E-state index contributed by atoms with van der Waals surface area (Å²) in [7, 11) is 0. The highest BCUT2D eigenvalue weighted by Crippen LogP contribution is 2.19. The molecular formula is C30H32F3N3O7. The van der Waals surface area contributed by atoms with Crippen LogP contribution >= 0.6 is 0 Å². The van der Waals surface area contributed by atoms with E-state index in [4.69, 9.17) is 9.47 Å². The number of hydrogen-bond acceptors (Lipinski definition) is 8. The third-order valence-corrected chi connectivity index (χ3v) is 5.86. The lowest BCUT2D eigenvalue weighted by molar-refractivity contribution is -0.205. The number of rotatable bonds is 14. The fourth-order valence-electron chi connectivity index (χ4n) is 3.80. The maximum Gasteiger partial charge on any atom is 0.490 e. The second-order valence-electron chi connectivity index (χ2n) is 9.22. The van der Waals surface area contributed by atoms with Crippen molar-refractivity contribution in [3.05, 3.63) is 90.0 Å². The Bertz CT molecular complexity index is 1340. The molecule has 0 spiro atoms. The van der Waals surface area contributed by atoms with Gasteiger partial charge in [0.25, 0.3) is 0 Å². The number of anilines is 2. The zero-order valence-corrected chi connectivity index (χ0v) is 23.2. The smallest absolute Gasteiger partial charge is 0.490 e. The summed E-state index contributed by atoms with van der Waals surface area (Å²) >= 11 is 0. The zero-order valence-electron chi connectivity index (χ0n) is 23.2. The van der Waals surface area contributed by atoms with E-state index in [0.717, 1.165) is 5.56 Å². The first-order valence-electron chi connectivity index (χ1n) is 13.3. The zero-order chi connectivity index (χ0) is 31.2. The molecule has 13 heteroatoms. The molecule has 4 N–H and O–H groups in total. The molecule has 10 nitrogen and oxygen atoms in total. The van der Waals surface area contributed by atoms with Gasteiger partial charge in [-0.2, -0.15) is 13.2 Å². The molecular weight excluding hydrogens is 571 g/mol. The van der Waals surface area contributed by atoms with Crippen LogP contribution in [0.1, 0.15) is 22.8 Å². The number of ether oxygens (including phenoxy) is 3. The number of benzene rings is 3. The molecule has 0 aliphatic rings. The van der Waals surface area contributed by atoms with E-state index in [1.165, 1.54) is 6.07 Å². The summed E-state index contributed by atoms with van der Waals surface area (Å²) in [5.74, 6) is -2.45. The molecule has 3 rings (SSSR count). The van der Waals surface area contributed by atoms with Crippen LogP contribution in [-0.2, 0) is 20.7 Å². The molecule has 0 saturated carbocycles. The van der Waals surface area contributed by atoms with E-state index in [0.29, 0.717) is 22.7 Å². The van der Waals surface area contributed by atoms with Gasteiger partial charge in [-0.25, -0.2) is 14.4 Å². The summed E-state index contributed by atoms with van der Waals surface area (Å²) in [5, 5.41) is 18.1. The van der Waals surface area contributed by atoms with Crippen molar-refractivity contribution in [3.63, 3.8) is 0 Å². The summed E-state index contributed by atoms with van der Waals surface area (Å²) in [6.07, 6.45) is -6.17. The number of carbonyl (C=O) groups is 3. The van der Waals surface area contributed by atoms with E-state index < -0.39 is 36.3 Å². The van der Waals surface area contributed by atoms with Gasteiger partial charge >= 0.3 is 24.1 Å². The molecule has 230 valence electrons. The van der Waals surface area contributed by atoms with Crippen molar-refractivity contribution in [2.24, 2.45) is 0 Å². The van der Waals surface area contributed by atoms with Crippen molar-refractivity contribution in [1.29, 1.82) is 0 Å². The Morgan fingerprint density at radius 3 is 2.26 bits per heavy atom. The van der Waals surface area contributed by atoms with Crippen molar-refractivity contribution in [3.8, 4) is 5.75 Å². The SMILES string of the molecule is CCOC(=O)c1cccc(NC(=O)Nc2ccc(C[C@@H](CO)NC[C@@H](COc3ccccc3)OC(=O)C(F)(F)F)cc2)c1. The molecule has 43 heavy (non-hydrogen) atoms. The van der Waals surface area contributed by atoms with Crippen molar-refractivity contribution in [2.45, 2.75) is 31.7 Å². The van der Waals surface area contributed by atoms with Crippen LogP contribution in [0.4, 0.5) is 29.3 Å². The van der Waals surface area contributed by atoms with Crippen molar-refractivity contribution in [2.75, 3.05) is 37.0 Å². The third kappa shape index (κ3) is 11.3. The van der Waals surface area contributed by atoms with Crippen LogP contribution < -0.4 is 20.7 Å². The van der Waals surface area contributed by atoms with Gasteiger partial charge in [0.1, 0.15) is 18.5 Å². The average Bonchev–Trinajstić information content (AvgIpc) is 2.98. The lowest BCUT2D eigenvalue weighted by Crippen LogP contribution is -2.44. The maximum atomic E-state index is 12.8. The van der Waals surface area contributed by atoms with Gasteiger partial charge in [0.2, 0.25) is 0 Å². The highest BCUT2D eigenvalue weighted by atomic mass is 19.4. The first-order chi connectivity index (χ1) is 20.6. The highest BCUT2D eigenvalue weighted by Gasteiger charge is 2.42. The minimum atomic E-state index is -5.17. The molecule has 0 radical (unpaired) electrons. The van der Waals surface area contributed by atoms with Gasteiger partial charge in [0.05, 0.1) is 18.8 Å². The van der Waals surface area contributed by atoms with Crippen LogP contribution in [0.25, 0.3) is 0 Å². The Morgan fingerprint density at radius 2 is 1.60 bits per heavy atom. The number of aliphatic hydroxyl groups is 1. The van der Waals surface area contributed by atoms with E-state index in [2.05, 4.69) is 20.7 Å². The summed E-state index contributed by atoms with van der Waals surface area (Å²) in [6, 6.07) is 20.2. The van der Waals surface area contributed by atoms with Crippen molar-refractivity contribution < 1.29 is 46.9 Å². The predicted molar refractivity (Wildman–Crippen MR) is 152 cm³/mol. The number of halogens is 3. The van der Waals surface area contributed by atoms with Crippen LogP contribution in [0.15, 0.2) is 78.9 Å². The molecule has 0 aliphatic heterocycles. The van der Waals surface area contributed by atoms with Gasteiger partial charge in [-0.15, -0.1) is 0 Å². The second kappa shape index (κ2) is 16.1. The molecule has 0 saturated heterocycles. The minimum absolute atomic E-state index is 0.211. The number of hydrogen-bond donors (Lipinski definition) is 4. The van der Waals surface area contributed by atoms with Crippen LogP contribution in [0.2, 0.25) is 0 Å². The second-order valence-corrected chi connectivity index (χ2v) is 9.22. The number of urea groups is 1. The highest BCUT2D eigenvalue weighted by molar-refractivity contribution is 6.00. The molecule has 3 aromatic rings. The molecule has 0 heterocycles. The Balaban J connectivity index is 1.53. The first-order valence-corrected chi connectivity index (χ1v) is 13.3. The Hall–Kier alpha value is -4.62. The number of carbonyl (C=O) groups excluding carboxylic acids is 3. The first kappa shape index (κ1) is 32.9. The summed E-state index contributed by atoms with van der Waals surface area (Å²) in [4.78, 5) is 35.8. The van der Waals surface area contributed by atoms with Gasteiger partial charge in [0, 0.05) is 24.0 Å². The molecule has 0 bridgehead atoms. The summed E-state index contributed by atoms with van der Waals surface area (Å²) < 4.78 is 53.4. The van der Waals surface area contributed by atoms with Crippen LogP contribution in [0.5, 0.6) is 5.75 Å². The fourth-order valence-corrected chi connectivity index (χ4v) is 3.80. The minimum Gasteiger partial charge on any atom is -0.490 e. The number of nitrogens with one attached hydrogen (secondary N) is 3. The van der Waals surface area contributed by atoms with Crippen LogP contribution in [0.3, 0.4) is 0 Å². The lowest BCUT2D eigenvalue weighted by atomic mass is 10.1. The van der Waals surface area contributed by atoms with Gasteiger partial charge < -0.3 is 35.3 Å². The number of alkyl halides is 3. The monoisotopic (exact) mass is 603 g/mol. The number of amides is 2. The van der Waals surface area contributed by atoms with Crippen LogP contribution in [-0.4, -0.2) is 67.8 Å². The average molecular weight is 604 g/mol. The van der Waals surface area contributed by atoms with E-state index in [9.17, 15) is 32.7 Å². The summed E-state index contributed by atoms with van der Waals surface area (Å²) in [5.41, 5.74) is 1.91. The Labute approximate surface area is 246 Å². The van der Waals surface area contributed by atoms with E-state index in [1.54, 1.807) is 79.7 Å². The normalized spacial score (nSPS) is 12.5.